The zero-order chi connectivity index (χ0) is 15.6. The molecule has 1 saturated heterocycles. The van der Waals surface area contributed by atoms with Gasteiger partial charge in [-0.05, 0) is 18.2 Å². The maximum absolute atomic E-state index is 12.2. The van der Waals surface area contributed by atoms with Gasteiger partial charge in [0.1, 0.15) is 0 Å². The third kappa shape index (κ3) is 3.59. The third-order valence-electron chi connectivity index (χ3n) is 3.25. The fourth-order valence-electron chi connectivity index (χ4n) is 2.17. The molecule has 0 aliphatic carbocycles. The van der Waals surface area contributed by atoms with Crippen LogP contribution in [0, 0.1) is 0 Å². The molecular weight excluding hydrogens is 318 g/mol. The molecule has 1 aliphatic rings. The molecule has 6 nitrogen and oxygen atoms in total. The van der Waals surface area contributed by atoms with Crippen molar-refractivity contribution in [3.05, 3.63) is 23.8 Å². The highest BCUT2D eigenvalue weighted by molar-refractivity contribution is 7.91. The molecule has 1 aromatic rings. The molecule has 0 unspecified atom stereocenters. The number of hydrogen-bond acceptors (Lipinski definition) is 5. The largest absolute Gasteiger partial charge is 0.493 e. The number of halogens is 1. The van der Waals surface area contributed by atoms with Gasteiger partial charge in [-0.3, -0.25) is 4.79 Å². The van der Waals surface area contributed by atoms with Gasteiger partial charge in [0.05, 0.1) is 37.1 Å². The van der Waals surface area contributed by atoms with Gasteiger partial charge in [-0.2, -0.15) is 0 Å². The summed E-state index contributed by atoms with van der Waals surface area (Å²) in [7, 11) is -0.218. The van der Waals surface area contributed by atoms with Crippen molar-refractivity contribution in [1.29, 1.82) is 0 Å². The molecule has 1 heterocycles. The average Bonchev–Trinajstić information content (AvgIpc) is 2.70. The maximum Gasteiger partial charge on any atom is 0.251 e. The summed E-state index contributed by atoms with van der Waals surface area (Å²) in [6.45, 7) is 0. The Morgan fingerprint density at radius 1 is 1.24 bits per heavy atom. The predicted molar refractivity (Wildman–Crippen MR) is 79.1 cm³/mol. The SMILES string of the molecule is COc1ccc(C(=O)N[C@@H]2CS(=O)(=O)C[C@@H]2Cl)cc1OC. The van der Waals surface area contributed by atoms with Crippen LogP contribution in [0.4, 0.5) is 0 Å². The number of methoxy groups -OCH3 is 2. The fraction of sp³-hybridized carbons (Fsp3) is 0.462. The van der Waals surface area contributed by atoms with Crippen LogP contribution in [0.1, 0.15) is 10.4 Å². The Labute approximate surface area is 128 Å². The standard InChI is InChI=1S/C13H16ClNO5S/c1-19-11-4-3-8(5-12(11)20-2)13(16)15-10-7-21(17,18)6-9(10)14/h3-5,9-10H,6-7H2,1-2H3,(H,15,16)/t9-,10+/m0/s1. The molecular formula is C13H16ClNO5S. The van der Waals surface area contributed by atoms with Gasteiger partial charge < -0.3 is 14.8 Å². The molecule has 2 rings (SSSR count). The second kappa shape index (κ2) is 6.11. The van der Waals surface area contributed by atoms with E-state index >= 15 is 0 Å². The Morgan fingerprint density at radius 2 is 1.90 bits per heavy atom. The van der Waals surface area contributed by atoms with Crippen LogP contribution in [0.5, 0.6) is 11.5 Å². The van der Waals surface area contributed by atoms with Gasteiger partial charge in [-0.15, -0.1) is 11.6 Å². The number of ether oxygens (including phenoxy) is 2. The Hall–Kier alpha value is -1.47. The van der Waals surface area contributed by atoms with Gasteiger partial charge in [0, 0.05) is 5.56 Å². The molecule has 116 valence electrons. The number of amides is 1. The minimum absolute atomic E-state index is 0.120. The topological polar surface area (TPSA) is 81.7 Å². The van der Waals surface area contributed by atoms with Gasteiger partial charge in [0.25, 0.3) is 5.91 Å². The van der Waals surface area contributed by atoms with E-state index in [-0.39, 0.29) is 11.5 Å². The molecule has 21 heavy (non-hydrogen) atoms. The van der Waals surface area contributed by atoms with Crippen LogP contribution in [-0.2, 0) is 9.84 Å². The van der Waals surface area contributed by atoms with Crippen molar-refractivity contribution < 1.29 is 22.7 Å². The summed E-state index contributed by atoms with van der Waals surface area (Å²) in [6, 6.07) is 4.12. The normalized spacial score (nSPS) is 23.6. The molecule has 0 radical (unpaired) electrons. The summed E-state index contributed by atoms with van der Waals surface area (Å²) in [5.74, 6) is 0.272. The lowest BCUT2D eigenvalue weighted by atomic mass is 10.1. The number of sulfone groups is 1. The third-order valence-corrected chi connectivity index (χ3v) is 5.62. The Balaban J connectivity index is 2.14. The van der Waals surface area contributed by atoms with E-state index in [4.69, 9.17) is 21.1 Å². The Morgan fingerprint density at radius 3 is 2.43 bits per heavy atom. The minimum Gasteiger partial charge on any atom is -0.493 e. The molecule has 1 amide bonds. The Kier molecular flexibility index (Phi) is 4.63. The highest BCUT2D eigenvalue weighted by atomic mass is 35.5. The van der Waals surface area contributed by atoms with Crippen molar-refractivity contribution in [3.8, 4) is 11.5 Å². The van der Waals surface area contributed by atoms with Crippen molar-refractivity contribution in [2.24, 2.45) is 0 Å². The molecule has 1 aromatic carbocycles. The summed E-state index contributed by atoms with van der Waals surface area (Å²) < 4.78 is 33.2. The number of hydrogen-bond donors (Lipinski definition) is 1. The predicted octanol–water partition coefficient (Wildman–Crippen LogP) is 0.838. The van der Waals surface area contributed by atoms with Crippen molar-refractivity contribution in [2.75, 3.05) is 25.7 Å². The molecule has 0 spiro atoms. The van der Waals surface area contributed by atoms with Crippen LogP contribution < -0.4 is 14.8 Å². The monoisotopic (exact) mass is 333 g/mol. The molecule has 8 heteroatoms. The highest BCUT2D eigenvalue weighted by Crippen LogP contribution is 2.27. The number of carbonyl (C=O) groups is 1. The number of nitrogens with one attached hydrogen (secondary N) is 1. The number of carbonyl (C=O) groups excluding carboxylic acids is 1. The first kappa shape index (κ1) is 15.9. The lowest BCUT2D eigenvalue weighted by Crippen LogP contribution is -2.40. The van der Waals surface area contributed by atoms with Crippen molar-refractivity contribution in [1.82, 2.24) is 5.32 Å². The van der Waals surface area contributed by atoms with Crippen LogP contribution in [0.3, 0.4) is 0 Å². The summed E-state index contributed by atoms with van der Waals surface area (Å²) in [4.78, 5) is 12.2. The first-order valence-corrected chi connectivity index (χ1v) is 8.49. The Bertz CT molecular complexity index is 646. The second-order valence-corrected chi connectivity index (χ2v) is 7.46. The zero-order valence-electron chi connectivity index (χ0n) is 11.6. The molecule has 1 aliphatic heterocycles. The smallest absolute Gasteiger partial charge is 0.251 e. The maximum atomic E-state index is 12.2. The van der Waals surface area contributed by atoms with Gasteiger partial charge in [0.2, 0.25) is 0 Å². The average molecular weight is 334 g/mol. The molecule has 1 N–H and O–H groups in total. The van der Waals surface area contributed by atoms with Crippen molar-refractivity contribution >= 4 is 27.3 Å². The molecule has 2 atom stereocenters. The van der Waals surface area contributed by atoms with E-state index < -0.39 is 27.2 Å². The summed E-state index contributed by atoms with van der Waals surface area (Å²) in [5, 5.41) is 2.03. The van der Waals surface area contributed by atoms with Crippen LogP contribution in [-0.4, -0.2) is 51.5 Å². The molecule has 1 fully saturated rings. The van der Waals surface area contributed by atoms with Crippen LogP contribution in [0.15, 0.2) is 18.2 Å². The highest BCUT2D eigenvalue weighted by Gasteiger charge is 2.37. The van der Waals surface area contributed by atoms with Crippen molar-refractivity contribution in [3.63, 3.8) is 0 Å². The lowest BCUT2D eigenvalue weighted by molar-refractivity contribution is 0.0941. The van der Waals surface area contributed by atoms with E-state index in [9.17, 15) is 13.2 Å². The van der Waals surface area contributed by atoms with Crippen LogP contribution >= 0.6 is 11.6 Å². The van der Waals surface area contributed by atoms with Crippen LogP contribution in [0.25, 0.3) is 0 Å². The number of benzene rings is 1. The van der Waals surface area contributed by atoms with E-state index in [1.807, 2.05) is 0 Å². The number of rotatable bonds is 4. The number of alkyl halides is 1. The van der Waals surface area contributed by atoms with Crippen LogP contribution in [0.2, 0.25) is 0 Å². The van der Waals surface area contributed by atoms with Gasteiger partial charge in [-0.1, -0.05) is 0 Å². The van der Waals surface area contributed by atoms with Crippen molar-refractivity contribution in [2.45, 2.75) is 11.4 Å². The lowest BCUT2D eigenvalue weighted by Gasteiger charge is -2.15. The first-order valence-electron chi connectivity index (χ1n) is 6.23. The second-order valence-electron chi connectivity index (χ2n) is 4.74. The van der Waals surface area contributed by atoms with E-state index in [0.29, 0.717) is 17.1 Å². The fourth-order valence-corrected chi connectivity index (χ4v) is 4.72. The summed E-state index contributed by atoms with van der Waals surface area (Å²) >= 11 is 5.96. The quantitative estimate of drug-likeness (QED) is 0.826. The molecule has 0 saturated carbocycles. The van der Waals surface area contributed by atoms with E-state index in [2.05, 4.69) is 5.32 Å². The van der Waals surface area contributed by atoms with E-state index in [0.717, 1.165) is 0 Å². The summed E-state index contributed by atoms with van der Waals surface area (Å²) in [6.07, 6.45) is 0. The zero-order valence-corrected chi connectivity index (χ0v) is 13.2. The van der Waals surface area contributed by atoms with Gasteiger partial charge in [-0.25, -0.2) is 8.42 Å². The van der Waals surface area contributed by atoms with E-state index in [1.54, 1.807) is 12.1 Å². The minimum atomic E-state index is -3.19. The van der Waals surface area contributed by atoms with Gasteiger partial charge >= 0.3 is 0 Å². The first-order chi connectivity index (χ1) is 9.86. The summed E-state index contributed by atoms with van der Waals surface area (Å²) in [5.41, 5.74) is 0.348. The van der Waals surface area contributed by atoms with Gasteiger partial charge in [0.15, 0.2) is 21.3 Å². The molecule has 0 bridgehead atoms. The van der Waals surface area contributed by atoms with E-state index in [1.165, 1.54) is 20.3 Å². The molecule has 0 aromatic heterocycles.